The summed E-state index contributed by atoms with van der Waals surface area (Å²) in [6.45, 7) is 5.04. The van der Waals surface area contributed by atoms with E-state index in [1.807, 2.05) is 4.90 Å². The molecule has 4 rings (SSSR count). The van der Waals surface area contributed by atoms with Gasteiger partial charge in [0.1, 0.15) is 5.00 Å². The number of carbonyl (C=O) groups is 2. The van der Waals surface area contributed by atoms with Crippen LogP contribution in [0.15, 0.2) is 24.5 Å². The van der Waals surface area contributed by atoms with Gasteiger partial charge in [0.15, 0.2) is 0 Å². The number of fused-ring (bicyclic) bond motifs is 1. The van der Waals surface area contributed by atoms with Crippen LogP contribution in [0.4, 0.5) is 5.00 Å². The van der Waals surface area contributed by atoms with E-state index in [1.54, 1.807) is 18.3 Å². The molecular weight excluding hydrogens is 386 g/mol. The highest BCUT2D eigenvalue weighted by molar-refractivity contribution is 7.17. The summed E-state index contributed by atoms with van der Waals surface area (Å²) in [7, 11) is 0. The van der Waals surface area contributed by atoms with E-state index in [0.717, 1.165) is 42.7 Å². The lowest BCUT2D eigenvalue weighted by Crippen LogP contribution is -2.44. The minimum atomic E-state index is -0.571. The van der Waals surface area contributed by atoms with E-state index in [0.29, 0.717) is 28.5 Å². The van der Waals surface area contributed by atoms with Crippen LogP contribution in [0.25, 0.3) is 0 Å². The van der Waals surface area contributed by atoms with E-state index < -0.39 is 6.10 Å². The van der Waals surface area contributed by atoms with Crippen molar-refractivity contribution in [3.63, 3.8) is 0 Å². The van der Waals surface area contributed by atoms with E-state index in [2.05, 4.69) is 24.1 Å². The normalized spacial score (nSPS) is 24.1. The van der Waals surface area contributed by atoms with E-state index in [9.17, 15) is 14.7 Å². The number of amides is 2. The van der Waals surface area contributed by atoms with Crippen LogP contribution < -0.4 is 5.32 Å². The Kier molecular flexibility index (Phi) is 5.69. The number of thiophene rings is 1. The number of aromatic nitrogens is 1. The Morgan fingerprint density at radius 2 is 2.14 bits per heavy atom. The fourth-order valence-electron chi connectivity index (χ4n) is 4.44. The van der Waals surface area contributed by atoms with Gasteiger partial charge in [-0.1, -0.05) is 6.92 Å². The summed E-state index contributed by atoms with van der Waals surface area (Å²) >= 11 is 1.34. The Morgan fingerprint density at radius 3 is 2.86 bits per heavy atom. The lowest BCUT2D eigenvalue weighted by Gasteiger charge is -2.37. The van der Waals surface area contributed by atoms with Crippen molar-refractivity contribution in [1.29, 1.82) is 0 Å². The molecule has 1 fully saturated rings. The summed E-state index contributed by atoms with van der Waals surface area (Å²) in [5, 5.41) is 14.0. The third-order valence-corrected chi connectivity index (χ3v) is 7.26. The van der Waals surface area contributed by atoms with Crippen LogP contribution in [0, 0.1) is 5.92 Å². The fraction of sp³-hybridized carbons (Fsp3) is 0.500. The molecule has 6 nitrogen and oxygen atoms in total. The van der Waals surface area contributed by atoms with E-state index >= 15 is 0 Å². The molecule has 0 unspecified atom stereocenters. The zero-order chi connectivity index (χ0) is 20.5. The molecule has 0 spiro atoms. The maximum Gasteiger partial charge on any atom is 0.257 e. The first-order valence-corrected chi connectivity index (χ1v) is 11.1. The van der Waals surface area contributed by atoms with Gasteiger partial charge in [0.25, 0.3) is 11.8 Å². The number of hydrogen-bond donors (Lipinski definition) is 2. The molecule has 3 atom stereocenters. The largest absolute Gasteiger partial charge is 0.388 e. The Bertz CT molecular complexity index is 912. The van der Waals surface area contributed by atoms with E-state index in [4.69, 9.17) is 0 Å². The predicted octanol–water partition coefficient (Wildman–Crippen LogP) is 4.03. The molecule has 2 aromatic heterocycles. The number of nitrogens with one attached hydrogen (secondary N) is 1. The van der Waals surface area contributed by atoms with Gasteiger partial charge in [0, 0.05) is 29.9 Å². The second kappa shape index (κ2) is 8.24. The monoisotopic (exact) mass is 413 g/mol. The molecule has 2 N–H and O–H groups in total. The minimum Gasteiger partial charge on any atom is -0.388 e. The van der Waals surface area contributed by atoms with E-state index in [1.165, 1.54) is 17.5 Å². The van der Waals surface area contributed by atoms with Crippen molar-refractivity contribution in [1.82, 2.24) is 9.88 Å². The molecule has 1 aliphatic heterocycles. The third-order valence-electron chi connectivity index (χ3n) is 6.01. The van der Waals surface area contributed by atoms with Crippen LogP contribution >= 0.6 is 11.3 Å². The zero-order valence-electron chi connectivity index (χ0n) is 16.9. The van der Waals surface area contributed by atoms with Crippen molar-refractivity contribution in [2.45, 2.75) is 58.1 Å². The summed E-state index contributed by atoms with van der Waals surface area (Å²) in [6, 6.07) is 3.57. The topological polar surface area (TPSA) is 82.5 Å². The molecule has 2 aliphatic rings. The van der Waals surface area contributed by atoms with Crippen molar-refractivity contribution >= 4 is 28.2 Å². The molecule has 1 saturated heterocycles. The Labute approximate surface area is 175 Å². The van der Waals surface area contributed by atoms with Gasteiger partial charge < -0.3 is 15.3 Å². The number of piperidine rings is 1. The number of aliphatic hydroxyl groups is 1. The highest BCUT2D eigenvalue weighted by Gasteiger charge is 2.35. The van der Waals surface area contributed by atoms with Crippen molar-refractivity contribution < 1.29 is 14.7 Å². The van der Waals surface area contributed by atoms with Crippen LogP contribution in [0.1, 0.15) is 76.8 Å². The summed E-state index contributed by atoms with van der Waals surface area (Å²) < 4.78 is 0. The first-order chi connectivity index (χ1) is 14.0. The summed E-state index contributed by atoms with van der Waals surface area (Å²) in [4.78, 5) is 33.1. The lowest BCUT2D eigenvalue weighted by molar-refractivity contribution is 0.0588. The maximum absolute atomic E-state index is 13.6. The minimum absolute atomic E-state index is 0.0301. The second-order valence-electron chi connectivity index (χ2n) is 8.23. The van der Waals surface area contributed by atoms with Gasteiger partial charge in [-0.25, -0.2) is 0 Å². The van der Waals surface area contributed by atoms with Crippen LogP contribution in [-0.2, 0) is 6.42 Å². The lowest BCUT2D eigenvalue weighted by atomic mass is 9.90. The Balaban J connectivity index is 1.70. The molecule has 0 aromatic carbocycles. The van der Waals surface area contributed by atoms with Crippen LogP contribution in [-0.4, -0.2) is 39.4 Å². The SMILES string of the molecule is C[C@@H]1CCN(C(=O)c2c(NC(=O)c3cccnc3)sc3c2CCC[C@H]3O)[C@H](C)C1. The van der Waals surface area contributed by atoms with Gasteiger partial charge in [0.2, 0.25) is 0 Å². The molecule has 3 heterocycles. The van der Waals surface area contributed by atoms with Gasteiger partial charge in [-0.15, -0.1) is 11.3 Å². The van der Waals surface area contributed by atoms with Gasteiger partial charge >= 0.3 is 0 Å². The highest BCUT2D eigenvalue weighted by atomic mass is 32.1. The Hall–Kier alpha value is -2.25. The molecule has 2 amide bonds. The molecule has 7 heteroatoms. The fourth-order valence-corrected chi connectivity index (χ4v) is 5.70. The number of aliphatic hydroxyl groups excluding tert-OH is 1. The Morgan fingerprint density at radius 1 is 1.31 bits per heavy atom. The van der Waals surface area contributed by atoms with Crippen molar-refractivity contribution in [2.24, 2.45) is 5.92 Å². The third kappa shape index (κ3) is 3.94. The average Bonchev–Trinajstić information content (AvgIpc) is 3.07. The number of likely N-dealkylation sites (tertiary alicyclic amines) is 1. The van der Waals surface area contributed by atoms with Crippen LogP contribution in [0.3, 0.4) is 0 Å². The van der Waals surface area contributed by atoms with Gasteiger partial charge in [-0.3, -0.25) is 14.6 Å². The first-order valence-electron chi connectivity index (χ1n) is 10.3. The van der Waals surface area contributed by atoms with Gasteiger partial charge in [0.05, 0.1) is 17.2 Å². The molecule has 0 saturated carbocycles. The number of rotatable bonds is 3. The highest BCUT2D eigenvalue weighted by Crippen LogP contribution is 2.43. The number of hydrogen-bond acceptors (Lipinski definition) is 5. The van der Waals surface area contributed by atoms with Crippen molar-refractivity contribution in [2.75, 3.05) is 11.9 Å². The van der Waals surface area contributed by atoms with Crippen LogP contribution in [0.5, 0.6) is 0 Å². The number of pyridine rings is 1. The summed E-state index contributed by atoms with van der Waals surface area (Å²) in [5.41, 5.74) is 1.92. The molecule has 2 aromatic rings. The average molecular weight is 414 g/mol. The summed E-state index contributed by atoms with van der Waals surface area (Å²) in [5.74, 6) is 0.287. The maximum atomic E-state index is 13.6. The molecule has 0 radical (unpaired) electrons. The molecule has 1 aliphatic carbocycles. The predicted molar refractivity (Wildman–Crippen MR) is 113 cm³/mol. The molecular formula is C22H27N3O3S. The number of anilines is 1. The second-order valence-corrected chi connectivity index (χ2v) is 9.28. The standard InChI is InChI=1S/C22H27N3O3S/c1-13-8-10-25(14(2)11-13)22(28)18-16-6-3-7-17(26)19(16)29-21(18)24-20(27)15-5-4-9-23-12-15/h4-5,9,12-14,17,26H,3,6-8,10-11H2,1-2H3,(H,24,27)/t13-,14-,17-/m1/s1. The molecule has 154 valence electrons. The van der Waals surface area contributed by atoms with Crippen molar-refractivity contribution in [3.8, 4) is 0 Å². The summed E-state index contributed by atoms with van der Waals surface area (Å²) in [6.07, 6.45) is 6.81. The number of carbonyl (C=O) groups excluding carboxylic acids is 2. The van der Waals surface area contributed by atoms with E-state index in [-0.39, 0.29) is 17.9 Å². The molecule has 0 bridgehead atoms. The smallest absolute Gasteiger partial charge is 0.257 e. The van der Waals surface area contributed by atoms with Crippen molar-refractivity contribution in [3.05, 3.63) is 46.1 Å². The first kappa shape index (κ1) is 20.0. The van der Waals surface area contributed by atoms with Crippen LogP contribution in [0.2, 0.25) is 0 Å². The van der Waals surface area contributed by atoms with Gasteiger partial charge in [-0.05, 0) is 62.6 Å². The quantitative estimate of drug-likeness (QED) is 0.796. The number of nitrogens with zero attached hydrogens (tertiary/aromatic N) is 2. The zero-order valence-corrected chi connectivity index (χ0v) is 17.7. The van der Waals surface area contributed by atoms with Gasteiger partial charge in [-0.2, -0.15) is 0 Å². The molecule has 29 heavy (non-hydrogen) atoms.